The quantitative estimate of drug-likeness (QED) is 0.776. The smallest absolute Gasteiger partial charge is 0.108 e. The van der Waals surface area contributed by atoms with Crippen molar-refractivity contribution in [2.24, 2.45) is 11.8 Å². The zero-order valence-electron chi connectivity index (χ0n) is 14.1. The molecule has 0 heterocycles. The number of hydrogen-bond donors (Lipinski definition) is 1. The number of nitriles is 1. The summed E-state index contributed by atoms with van der Waals surface area (Å²) in [4.78, 5) is 2.64. The molecule has 1 aliphatic rings. The fraction of sp³-hybridized carbons (Fsp3) is 0.941. The Morgan fingerprint density at radius 1 is 1.25 bits per heavy atom. The summed E-state index contributed by atoms with van der Waals surface area (Å²) in [6.07, 6.45) is 4.40. The summed E-state index contributed by atoms with van der Waals surface area (Å²) >= 11 is 0. The first kappa shape index (κ1) is 17.5. The van der Waals surface area contributed by atoms with E-state index in [2.05, 4.69) is 50.9 Å². The summed E-state index contributed by atoms with van der Waals surface area (Å²) in [5.41, 5.74) is -0.288. The first-order valence-electron chi connectivity index (χ1n) is 8.32. The molecule has 20 heavy (non-hydrogen) atoms. The number of rotatable bonds is 7. The molecule has 0 spiro atoms. The van der Waals surface area contributed by atoms with Crippen LogP contribution in [0.2, 0.25) is 0 Å². The van der Waals surface area contributed by atoms with Crippen molar-refractivity contribution in [1.82, 2.24) is 10.2 Å². The molecule has 116 valence electrons. The number of nitrogens with zero attached hydrogens (tertiary/aromatic N) is 2. The fourth-order valence-corrected chi connectivity index (χ4v) is 3.51. The lowest BCUT2D eigenvalue weighted by Crippen LogP contribution is -2.53. The molecule has 3 heteroatoms. The van der Waals surface area contributed by atoms with Gasteiger partial charge in [-0.15, -0.1) is 0 Å². The summed E-state index contributed by atoms with van der Waals surface area (Å²) < 4.78 is 0. The molecule has 2 unspecified atom stereocenters. The third-order valence-corrected chi connectivity index (χ3v) is 4.17. The zero-order chi connectivity index (χ0) is 15.2. The maximum Gasteiger partial charge on any atom is 0.108 e. The van der Waals surface area contributed by atoms with Crippen LogP contribution in [0.1, 0.15) is 60.3 Å². The molecule has 1 fully saturated rings. The van der Waals surface area contributed by atoms with Gasteiger partial charge in [-0.3, -0.25) is 10.2 Å². The van der Waals surface area contributed by atoms with E-state index in [0.717, 1.165) is 38.9 Å². The minimum Gasteiger partial charge on any atom is -0.300 e. The Kier molecular flexibility index (Phi) is 6.99. The van der Waals surface area contributed by atoms with Crippen LogP contribution >= 0.6 is 0 Å². The second-order valence-electron chi connectivity index (χ2n) is 7.22. The Balaban J connectivity index is 2.77. The van der Waals surface area contributed by atoms with Gasteiger partial charge in [0.1, 0.15) is 5.54 Å². The highest BCUT2D eigenvalue weighted by Gasteiger charge is 2.38. The van der Waals surface area contributed by atoms with E-state index in [-0.39, 0.29) is 5.54 Å². The first-order valence-corrected chi connectivity index (χ1v) is 8.32. The molecule has 1 aliphatic carbocycles. The van der Waals surface area contributed by atoms with Crippen molar-refractivity contribution in [2.75, 3.05) is 19.6 Å². The van der Waals surface area contributed by atoms with Crippen LogP contribution in [-0.2, 0) is 0 Å². The maximum atomic E-state index is 9.60. The van der Waals surface area contributed by atoms with E-state index in [4.69, 9.17) is 0 Å². The van der Waals surface area contributed by atoms with Crippen molar-refractivity contribution in [3.8, 4) is 6.07 Å². The van der Waals surface area contributed by atoms with E-state index >= 15 is 0 Å². The molecule has 0 aromatic rings. The normalized spacial score (nSPS) is 27.2. The first-order chi connectivity index (χ1) is 9.42. The Morgan fingerprint density at radius 2 is 1.85 bits per heavy atom. The molecule has 0 radical (unpaired) electrons. The Morgan fingerprint density at radius 3 is 2.30 bits per heavy atom. The number of hydrogen-bond acceptors (Lipinski definition) is 3. The van der Waals surface area contributed by atoms with E-state index in [0.29, 0.717) is 17.9 Å². The fourth-order valence-electron chi connectivity index (χ4n) is 3.51. The van der Waals surface area contributed by atoms with Crippen molar-refractivity contribution in [3.63, 3.8) is 0 Å². The van der Waals surface area contributed by atoms with Crippen LogP contribution < -0.4 is 5.32 Å². The van der Waals surface area contributed by atoms with Gasteiger partial charge in [0.05, 0.1) is 6.07 Å². The van der Waals surface area contributed by atoms with Crippen LogP contribution in [0.25, 0.3) is 0 Å². The highest BCUT2D eigenvalue weighted by atomic mass is 15.2. The summed E-state index contributed by atoms with van der Waals surface area (Å²) in [6.45, 7) is 14.4. The van der Waals surface area contributed by atoms with E-state index in [1.807, 2.05) is 0 Å². The van der Waals surface area contributed by atoms with Crippen LogP contribution in [0.5, 0.6) is 0 Å². The van der Waals surface area contributed by atoms with Gasteiger partial charge in [0.15, 0.2) is 0 Å². The van der Waals surface area contributed by atoms with E-state index < -0.39 is 0 Å². The predicted octanol–water partition coefficient (Wildman–Crippen LogP) is 3.41. The van der Waals surface area contributed by atoms with Gasteiger partial charge in [0.25, 0.3) is 0 Å². The molecule has 0 aliphatic heterocycles. The van der Waals surface area contributed by atoms with Gasteiger partial charge in [-0.05, 0) is 44.1 Å². The highest BCUT2D eigenvalue weighted by Crippen LogP contribution is 2.31. The molecule has 3 nitrogen and oxygen atoms in total. The molecule has 1 N–H and O–H groups in total. The van der Waals surface area contributed by atoms with E-state index in [1.165, 1.54) is 6.42 Å². The van der Waals surface area contributed by atoms with Crippen molar-refractivity contribution in [2.45, 2.75) is 71.9 Å². The third kappa shape index (κ3) is 5.07. The summed E-state index contributed by atoms with van der Waals surface area (Å²) in [7, 11) is 0. The van der Waals surface area contributed by atoms with Crippen molar-refractivity contribution < 1.29 is 0 Å². The number of nitrogens with one attached hydrogen (secondary N) is 1. The largest absolute Gasteiger partial charge is 0.300 e. The summed E-state index contributed by atoms with van der Waals surface area (Å²) in [5, 5.41) is 13.1. The Hall–Kier alpha value is -0.590. The lowest BCUT2D eigenvalue weighted by atomic mass is 9.79. The van der Waals surface area contributed by atoms with Gasteiger partial charge in [0.2, 0.25) is 0 Å². The van der Waals surface area contributed by atoms with Crippen LogP contribution in [0.3, 0.4) is 0 Å². The molecule has 0 aromatic carbocycles. The lowest BCUT2D eigenvalue weighted by Gasteiger charge is -2.43. The molecular weight excluding hydrogens is 246 g/mol. The second kappa shape index (κ2) is 8.00. The van der Waals surface area contributed by atoms with Crippen LogP contribution in [0, 0.1) is 23.2 Å². The SMILES string of the molecule is CCNC1(C#N)CCCC(N(CC(C)C)CC(C)C)C1. The zero-order valence-corrected chi connectivity index (χ0v) is 14.1. The topological polar surface area (TPSA) is 39.1 Å². The predicted molar refractivity (Wildman–Crippen MR) is 85.5 cm³/mol. The molecular formula is C17H33N3. The molecule has 0 aromatic heterocycles. The third-order valence-electron chi connectivity index (χ3n) is 4.17. The lowest BCUT2D eigenvalue weighted by molar-refractivity contribution is 0.0971. The van der Waals surface area contributed by atoms with E-state index in [1.54, 1.807) is 0 Å². The van der Waals surface area contributed by atoms with E-state index in [9.17, 15) is 5.26 Å². The second-order valence-corrected chi connectivity index (χ2v) is 7.22. The average Bonchev–Trinajstić information content (AvgIpc) is 2.37. The summed E-state index contributed by atoms with van der Waals surface area (Å²) in [5.74, 6) is 1.37. The molecule has 1 saturated carbocycles. The molecule has 1 rings (SSSR count). The van der Waals surface area contributed by atoms with Crippen LogP contribution in [0.15, 0.2) is 0 Å². The van der Waals surface area contributed by atoms with Gasteiger partial charge in [-0.2, -0.15) is 5.26 Å². The Labute approximate surface area is 125 Å². The molecule has 0 amide bonds. The van der Waals surface area contributed by atoms with Gasteiger partial charge < -0.3 is 0 Å². The average molecular weight is 279 g/mol. The van der Waals surface area contributed by atoms with Gasteiger partial charge in [0, 0.05) is 19.1 Å². The van der Waals surface area contributed by atoms with Crippen LogP contribution in [-0.4, -0.2) is 36.1 Å². The molecule has 2 atom stereocenters. The monoisotopic (exact) mass is 279 g/mol. The molecule has 0 bridgehead atoms. The van der Waals surface area contributed by atoms with Gasteiger partial charge in [-0.1, -0.05) is 34.6 Å². The minimum atomic E-state index is -0.288. The highest BCUT2D eigenvalue weighted by molar-refractivity contribution is 5.11. The summed E-state index contributed by atoms with van der Waals surface area (Å²) in [6, 6.07) is 3.13. The van der Waals surface area contributed by atoms with Crippen molar-refractivity contribution >= 4 is 0 Å². The molecule has 0 saturated heterocycles. The van der Waals surface area contributed by atoms with Crippen molar-refractivity contribution in [3.05, 3.63) is 0 Å². The standard InChI is InChI=1S/C17H33N3/c1-6-19-17(13-18)9-7-8-16(10-17)20(11-14(2)3)12-15(4)5/h14-16,19H,6-12H2,1-5H3. The van der Waals surface area contributed by atoms with Crippen molar-refractivity contribution in [1.29, 1.82) is 5.26 Å². The Bertz CT molecular complexity index is 305. The van der Waals surface area contributed by atoms with Gasteiger partial charge >= 0.3 is 0 Å². The van der Waals surface area contributed by atoms with Gasteiger partial charge in [-0.25, -0.2) is 0 Å². The minimum absolute atomic E-state index is 0.288. The maximum absolute atomic E-state index is 9.60. The van der Waals surface area contributed by atoms with Crippen LogP contribution in [0.4, 0.5) is 0 Å².